The van der Waals surface area contributed by atoms with Gasteiger partial charge in [-0.05, 0) is 76.5 Å². The predicted molar refractivity (Wildman–Crippen MR) is 137 cm³/mol. The Morgan fingerprint density at radius 2 is 1.89 bits per heavy atom. The van der Waals surface area contributed by atoms with Crippen molar-refractivity contribution in [1.82, 2.24) is 19.1 Å². The van der Waals surface area contributed by atoms with Crippen molar-refractivity contribution in [2.75, 3.05) is 0 Å². The van der Waals surface area contributed by atoms with Crippen LogP contribution in [0.2, 0.25) is 0 Å². The van der Waals surface area contributed by atoms with Gasteiger partial charge in [0.1, 0.15) is 5.60 Å². The highest BCUT2D eigenvalue weighted by molar-refractivity contribution is 5.71. The van der Waals surface area contributed by atoms with Crippen LogP contribution >= 0.6 is 0 Å². The minimum atomic E-state index is -3.00. The summed E-state index contributed by atoms with van der Waals surface area (Å²) in [5.41, 5.74) is 3.07. The highest BCUT2D eigenvalue weighted by atomic mass is 19.3. The van der Waals surface area contributed by atoms with Gasteiger partial charge in [0.05, 0.1) is 12.5 Å². The molecule has 0 aliphatic heterocycles. The monoisotopic (exact) mass is 528 g/mol. The first-order valence-electron chi connectivity index (χ1n) is 13.0. The van der Waals surface area contributed by atoms with Crippen molar-refractivity contribution in [2.24, 2.45) is 0 Å². The van der Waals surface area contributed by atoms with E-state index in [1.165, 1.54) is 47.0 Å². The van der Waals surface area contributed by atoms with E-state index in [1.54, 1.807) is 37.7 Å². The number of alkyl halides is 2. The molecule has 38 heavy (non-hydrogen) atoms. The third-order valence-electron chi connectivity index (χ3n) is 6.41. The zero-order valence-corrected chi connectivity index (χ0v) is 22.0. The molecule has 8 nitrogen and oxygen atoms in total. The fourth-order valence-corrected chi connectivity index (χ4v) is 4.70. The Kier molecular flexibility index (Phi) is 8.58. The summed E-state index contributed by atoms with van der Waals surface area (Å²) in [6, 6.07) is 6.33. The second-order valence-electron chi connectivity index (χ2n) is 10.5. The van der Waals surface area contributed by atoms with Gasteiger partial charge >= 0.3 is 18.3 Å². The van der Waals surface area contributed by atoms with Crippen LogP contribution in [0.3, 0.4) is 0 Å². The topological polar surface area (TPSA) is 88.2 Å². The molecule has 0 fully saturated rings. The molecule has 0 spiro atoms. The van der Waals surface area contributed by atoms with Gasteiger partial charge < -0.3 is 9.47 Å². The number of carbonyl (C=O) groups is 1. The van der Waals surface area contributed by atoms with Crippen LogP contribution in [0.5, 0.6) is 5.88 Å². The molecule has 1 aliphatic carbocycles. The molecule has 10 heteroatoms. The SMILES string of the molecule is CC(C)(C)OC(=O)CC(c1ccc(OC(F)F)nc1)n1ccn(CCCc2ccc3c(n2)CCCC3)c1=O. The second-order valence-corrected chi connectivity index (χ2v) is 10.5. The minimum absolute atomic E-state index is 0.128. The van der Waals surface area contributed by atoms with E-state index in [0.29, 0.717) is 12.1 Å². The summed E-state index contributed by atoms with van der Waals surface area (Å²) in [6.45, 7) is 2.77. The van der Waals surface area contributed by atoms with Crippen LogP contribution in [0, 0.1) is 0 Å². The quantitative estimate of drug-likeness (QED) is 0.349. The maximum absolute atomic E-state index is 13.3. The molecule has 3 aromatic heterocycles. The van der Waals surface area contributed by atoms with Crippen LogP contribution in [0.15, 0.2) is 47.7 Å². The maximum Gasteiger partial charge on any atom is 0.388 e. The van der Waals surface area contributed by atoms with Crippen molar-refractivity contribution in [3.8, 4) is 5.88 Å². The van der Waals surface area contributed by atoms with Crippen molar-refractivity contribution < 1.29 is 23.0 Å². The molecule has 0 bridgehead atoms. The predicted octanol–water partition coefficient (Wildman–Crippen LogP) is 4.87. The molecule has 0 N–H and O–H groups in total. The van der Waals surface area contributed by atoms with Crippen molar-refractivity contribution in [1.29, 1.82) is 0 Å². The van der Waals surface area contributed by atoms with E-state index >= 15 is 0 Å². The summed E-state index contributed by atoms with van der Waals surface area (Å²) < 4.78 is 37.9. The lowest BCUT2D eigenvalue weighted by molar-refractivity contribution is -0.155. The van der Waals surface area contributed by atoms with Crippen molar-refractivity contribution >= 4 is 5.97 Å². The molecule has 0 aromatic carbocycles. The number of aromatic nitrogens is 4. The van der Waals surface area contributed by atoms with Gasteiger partial charge in [-0.1, -0.05) is 12.1 Å². The summed E-state index contributed by atoms with van der Waals surface area (Å²) in [5.74, 6) is -0.742. The minimum Gasteiger partial charge on any atom is -0.460 e. The number of imidazole rings is 1. The lowest BCUT2D eigenvalue weighted by Crippen LogP contribution is -2.31. The number of esters is 1. The molecule has 4 rings (SSSR count). The summed E-state index contributed by atoms with van der Waals surface area (Å²) in [6.07, 6.45) is 10.5. The highest BCUT2D eigenvalue weighted by Crippen LogP contribution is 2.24. The third kappa shape index (κ3) is 7.26. The number of hydrogen-bond donors (Lipinski definition) is 0. The Morgan fingerprint density at radius 3 is 2.61 bits per heavy atom. The first kappa shape index (κ1) is 27.5. The first-order valence-corrected chi connectivity index (χ1v) is 13.0. The van der Waals surface area contributed by atoms with Crippen LogP contribution in [0.1, 0.15) is 75.0 Å². The molecular formula is C28H34F2N4O4. The molecule has 1 aliphatic rings. The number of aryl methyl sites for hydroxylation is 4. The van der Waals surface area contributed by atoms with Crippen LogP contribution < -0.4 is 10.4 Å². The molecule has 0 saturated heterocycles. The average Bonchev–Trinajstić information content (AvgIpc) is 3.21. The lowest BCUT2D eigenvalue weighted by Gasteiger charge is -2.23. The smallest absolute Gasteiger partial charge is 0.388 e. The summed E-state index contributed by atoms with van der Waals surface area (Å²) >= 11 is 0. The number of rotatable bonds is 10. The number of pyridine rings is 2. The summed E-state index contributed by atoms with van der Waals surface area (Å²) in [4.78, 5) is 34.7. The third-order valence-corrected chi connectivity index (χ3v) is 6.41. The van der Waals surface area contributed by atoms with E-state index < -0.39 is 24.2 Å². The zero-order chi connectivity index (χ0) is 27.3. The Labute approximate surface area is 220 Å². The molecule has 0 radical (unpaired) electrons. The average molecular weight is 529 g/mol. The number of carbonyl (C=O) groups excluding carboxylic acids is 1. The van der Waals surface area contributed by atoms with E-state index in [4.69, 9.17) is 9.72 Å². The summed E-state index contributed by atoms with van der Waals surface area (Å²) in [5, 5.41) is 0. The van der Waals surface area contributed by atoms with Gasteiger partial charge in [-0.15, -0.1) is 0 Å². The first-order chi connectivity index (χ1) is 18.1. The van der Waals surface area contributed by atoms with Gasteiger partial charge in [0.15, 0.2) is 0 Å². The molecule has 1 atom stereocenters. The van der Waals surface area contributed by atoms with Crippen LogP contribution in [-0.4, -0.2) is 37.3 Å². The van der Waals surface area contributed by atoms with Crippen molar-refractivity contribution in [3.05, 3.63) is 75.9 Å². The highest BCUT2D eigenvalue weighted by Gasteiger charge is 2.25. The van der Waals surface area contributed by atoms with Gasteiger partial charge in [-0.3, -0.25) is 18.9 Å². The molecule has 204 valence electrons. The Balaban J connectivity index is 1.49. The van der Waals surface area contributed by atoms with Gasteiger partial charge in [-0.25, -0.2) is 9.78 Å². The van der Waals surface area contributed by atoms with E-state index in [2.05, 4.69) is 21.9 Å². The molecule has 0 amide bonds. The number of hydrogen-bond acceptors (Lipinski definition) is 6. The van der Waals surface area contributed by atoms with E-state index in [-0.39, 0.29) is 18.0 Å². The van der Waals surface area contributed by atoms with Gasteiger partial charge in [0.25, 0.3) is 0 Å². The normalized spacial score (nSPS) is 14.3. The standard InChI is InChI=1S/C28H34F2N4O4/c1-28(2,3)38-25(35)17-23(20-11-13-24(31-18-20)37-26(29)30)34-16-15-33(27(34)36)14-6-8-21-12-10-19-7-4-5-9-22(19)32-21/h10-13,15-16,18,23,26H,4-9,14,17H2,1-3H3. The zero-order valence-electron chi connectivity index (χ0n) is 22.0. The van der Waals surface area contributed by atoms with Gasteiger partial charge in [-0.2, -0.15) is 8.78 Å². The molecule has 3 heterocycles. The maximum atomic E-state index is 13.3. The van der Waals surface area contributed by atoms with E-state index in [9.17, 15) is 18.4 Å². The molecular weight excluding hydrogens is 494 g/mol. The number of fused-ring (bicyclic) bond motifs is 1. The van der Waals surface area contributed by atoms with E-state index in [1.807, 2.05) is 0 Å². The van der Waals surface area contributed by atoms with E-state index in [0.717, 1.165) is 31.4 Å². The fraction of sp³-hybridized carbons (Fsp3) is 0.500. The van der Waals surface area contributed by atoms with Crippen LogP contribution in [-0.2, 0) is 35.3 Å². The lowest BCUT2D eigenvalue weighted by atomic mass is 9.95. The fourth-order valence-electron chi connectivity index (χ4n) is 4.70. The summed E-state index contributed by atoms with van der Waals surface area (Å²) in [7, 11) is 0. The number of ether oxygens (including phenoxy) is 2. The van der Waals surface area contributed by atoms with Crippen molar-refractivity contribution in [3.63, 3.8) is 0 Å². The van der Waals surface area contributed by atoms with Crippen LogP contribution in [0.25, 0.3) is 0 Å². The largest absolute Gasteiger partial charge is 0.460 e. The number of nitrogens with zero attached hydrogens (tertiary/aromatic N) is 4. The molecule has 1 unspecified atom stereocenters. The van der Waals surface area contributed by atoms with Gasteiger partial charge in [0, 0.05) is 42.6 Å². The Bertz CT molecular complexity index is 1300. The second kappa shape index (κ2) is 11.9. The molecule has 3 aromatic rings. The molecule has 0 saturated carbocycles. The van der Waals surface area contributed by atoms with Gasteiger partial charge in [0.2, 0.25) is 5.88 Å². The Hall–Kier alpha value is -3.56. The van der Waals surface area contributed by atoms with Crippen molar-refractivity contribution in [2.45, 2.75) is 90.5 Å². The Morgan fingerprint density at radius 1 is 1.11 bits per heavy atom. The van der Waals surface area contributed by atoms with Crippen LogP contribution in [0.4, 0.5) is 8.78 Å². The number of halogens is 2.